The van der Waals surface area contributed by atoms with E-state index in [1.807, 2.05) is 63.7 Å². The minimum absolute atomic E-state index is 0.192. The lowest BCUT2D eigenvalue weighted by molar-refractivity contribution is 0.102. The standard InChI is InChI=1S/C26H28N8O/c1-16(2)33-15-27-31-25(33)22-10-7-11-23(29-22)30-26(35)21-14-32(5)24-19(8-6-9-20(21)24)18-12-28-34(13-18)17(3)4/h6-17H,1-5H3,(H,29,30,35). The monoisotopic (exact) mass is 468 g/mol. The van der Waals surface area contributed by atoms with E-state index in [2.05, 4.69) is 59.4 Å². The second-order valence-corrected chi connectivity index (χ2v) is 9.18. The van der Waals surface area contributed by atoms with Crippen LogP contribution in [0.4, 0.5) is 5.82 Å². The fourth-order valence-electron chi connectivity index (χ4n) is 4.26. The van der Waals surface area contributed by atoms with E-state index in [0.717, 1.165) is 22.0 Å². The number of para-hydroxylation sites is 1. The van der Waals surface area contributed by atoms with Crippen molar-refractivity contribution in [3.63, 3.8) is 0 Å². The summed E-state index contributed by atoms with van der Waals surface area (Å²) in [5, 5.41) is 16.5. The van der Waals surface area contributed by atoms with Gasteiger partial charge < -0.3 is 14.5 Å². The van der Waals surface area contributed by atoms with Crippen LogP contribution in [0.25, 0.3) is 33.5 Å². The first-order valence-electron chi connectivity index (χ1n) is 11.6. The molecule has 0 aliphatic rings. The van der Waals surface area contributed by atoms with E-state index in [0.29, 0.717) is 22.9 Å². The number of carbonyl (C=O) groups excluding carboxylic acids is 1. The van der Waals surface area contributed by atoms with E-state index in [9.17, 15) is 4.79 Å². The van der Waals surface area contributed by atoms with E-state index in [-0.39, 0.29) is 18.0 Å². The minimum atomic E-state index is -0.222. The first-order chi connectivity index (χ1) is 16.8. The summed E-state index contributed by atoms with van der Waals surface area (Å²) in [6, 6.07) is 11.9. The predicted octanol–water partition coefficient (Wildman–Crippen LogP) is 5.11. The summed E-state index contributed by atoms with van der Waals surface area (Å²) >= 11 is 0. The largest absolute Gasteiger partial charge is 0.349 e. The van der Waals surface area contributed by atoms with Crippen molar-refractivity contribution in [1.29, 1.82) is 0 Å². The topological polar surface area (TPSA) is 95.5 Å². The molecule has 9 nitrogen and oxygen atoms in total. The Labute approximate surface area is 203 Å². The molecule has 0 atom stereocenters. The van der Waals surface area contributed by atoms with Crippen molar-refractivity contribution < 1.29 is 4.79 Å². The number of nitrogens with zero attached hydrogens (tertiary/aromatic N) is 7. The molecule has 9 heteroatoms. The molecule has 1 amide bonds. The van der Waals surface area contributed by atoms with Crippen LogP contribution in [-0.2, 0) is 7.05 Å². The van der Waals surface area contributed by atoms with Crippen LogP contribution in [0.2, 0.25) is 0 Å². The third-order valence-electron chi connectivity index (χ3n) is 6.04. The number of carbonyl (C=O) groups is 1. The Morgan fingerprint density at radius 2 is 1.80 bits per heavy atom. The molecule has 0 spiro atoms. The molecular formula is C26H28N8O. The van der Waals surface area contributed by atoms with Gasteiger partial charge in [-0.05, 0) is 39.8 Å². The number of nitrogens with one attached hydrogen (secondary N) is 1. The van der Waals surface area contributed by atoms with Crippen LogP contribution in [0.15, 0.2) is 61.3 Å². The van der Waals surface area contributed by atoms with Gasteiger partial charge in [0.05, 0.1) is 17.3 Å². The van der Waals surface area contributed by atoms with Crippen LogP contribution >= 0.6 is 0 Å². The molecule has 5 rings (SSSR count). The van der Waals surface area contributed by atoms with E-state index in [4.69, 9.17) is 0 Å². The molecule has 0 fully saturated rings. The molecule has 178 valence electrons. The number of fused-ring (bicyclic) bond motifs is 1. The maximum atomic E-state index is 13.3. The summed E-state index contributed by atoms with van der Waals surface area (Å²) in [5.41, 5.74) is 4.26. The highest BCUT2D eigenvalue weighted by atomic mass is 16.1. The Bertz CT molecular complexity index is 1520. The number of hydrogen-bond donors (Lipinski definition) is 1. The van der Waals surface area contributed by atoms with Crippen LogP contribution in [0.5, 0.6) is 0 Å². The molecule has 5 aromatic rings. The quantitative estimate of drug-likeness (QED) is 0.374. The van der Waals surface area contributed by atoms with E-state index in [1.165, 1.54) is 0 Å². The molecule has 0 aliphatic heterocycles. The number of pyridine rings is 1. The Morgan fingerprint density at radius 3 is 2.54 bits per heavy atom. The summed E-state index contributed by atoms with van der Waals surface area (Å²) in [4.78, 5) is 18.0. The van der Waals surface area contributed by atoms with Gasteiger partial charge in [0.2, 0.25) is 0 Å². The van der Waals surface area contributed by atoms with Crippen molar-refractivity contribution >= 4 is 22.6 Å². The van der Waals surface area contributed by atoms with E-state index < -0.39 is 0 Å². The highest BCUT2D eigenvalue weighted by Gasteiger charge is 2.19. The zero-order chi connectivity index (χ0) is 24.7. The van der Waals surface area contributed by atoms with Crippen LogP contribution in [0.1, 0.15) is 50.1 Å². The summed E-state index contributed by atoms with van der Waals surface area (Å²) in [6.07, 6.45) is 7.45. The number of hydrogen-bond acceptors (Lipinski definition) is 5. The summed E-state index contributed by atoms with van der Waals surface area (Å²) in [7, 11) is 1.95. The molecule has 4 heterocycles. The zero-order valence-corrected chi connectivity index (χ0v) is 20.5. The number of aryl methyl sites for hydroxylation is 1. The molecule has 0 unspecified atom stereocenters. The highest BCUT2D eigenvalue weighted by Crippen LogP contribution is 2.32. The Kier molecular flexibility index (Phi) is 5.68. The van der Waals surface area contributed by atoms with Crippen molar-refractivity contribution in [3.05, 3.63) is 66.9 Å². The van der Waals surface area contributed by atoms with Gasteiger partial charge in [0, 0.05) is 48.0 Å². The number of anilines is 1. The van der Waals surface area contributed by atoms with Gasteiger partial charge in [0.1, 0.15) is 17.8 Å². The second kappa shape index (κ2) is 8.83. The Balaban J connectivity index is 1.48. The fraction of sp³-hybridized carbons (Fsp3) is 0.269. The smallest absolute Gasteiger partial charge is 0.258 e. The molecule has 0 saturated carbocycles. The summed E-state index contributed by atoms with van der Waals surface area (Å²) < 4.78 is 5.87. The van der Waals surface area contributed by atoms with Crippen molar-refractivity contribution in [2.45, 2.75) is 39.8 Å². The molecule has 4 aromatic heterocycles. The number of rotatable bonds is 6. The molecule has 0 aliphatic carbocycles. The van der Waals surface area contributed by atoms with E-state index in [1.54, 1.807) is 12.4 Å². The van der Waals surface area contributed by atoms with Gasteiger partial charge in [-0.15, -0.1) is 10.2 Å². The highest BCUT2D eigenvalue weighted by molar-refractivity contribution is 6.14. The zero-order valence-electron chi connectivity index (χ0n) is 20.5. The van der Waals surface area contributed by atoms with E-state index >= 15 is 0 Å². The molecular weight excluding hydrogens is 440 g/mol. The van der Waals surface area contributed by atoms with Crippen molar-refractivity contribution in [2.75, 3.05) is 5.32 Å². The summed E-state index contributed by atoms with van der Waals surface area (Å²) in [5.74, 6) is 0.894. The van der Waals surface area contributed by atoms with Crippen LogP contribution in [-0.4, -0.2) is 40.0 Å². The van der Waals surface area contributed by atoms with Crippen LogP contribution in [0, 0.1) is 0 Å². The molecule has 35 heavy (non-hydrogen) atoms. The van der Waals surface area contributed by atoms with Crippen LogP contribution in [0.3, 0.4) is 0 Å². The lowest BCUT2D eigenvalue weighted by atomic mass is 10.0. The van der Waals surface area contributed by atoms with Gasteiger partial charge in [-0.2, -0.15) is 5.10 Å². The first-order valence-corrected chi connectivity index (χ1v) is 11.6. The SMILES string of the molecule is CC(C)n1cc(-c2cccc3c(C(=O)Nc4cccc(-c5nncn5C(C)C)n4)cn(C)c23)cn1. The molecule has 1 N–H and O–H groups in total. The van der Waals surface area contributed by atoms with Gasteiger partial charge in [0.15, 0.2) is 5.82 Å². The number of amides is 1. The molecule has 0 saturated heterocycles. The normalized spacial score (nSPS) is 11.6. The van der Waals surface area contributed by atoms with Gasteiger partial charge in [0.25, 0.3) is 5.91 Å². The minimum Gasteiger partial charge on any atom is -0.349 e. The van der Waals surface area contributed by atoms with Gasteiger partial charge >= 0.3 is 0 Å². The average Bonchev–Trinajstić information content (AvgIpc) is 3.58. The maximum absolute atomic E-state index is 13.3. The lowest BCUT2D eigenvalue weighted by Gasteiger charge is -2.10. The second-order valence-electron chi connectivity index (χ2n) is 9.18. The van der Waals surface area contributed by atoms with Crippen molar-refractivity contribution in [3.8, 4) is 22.6 Å². The number of aromatic nitrogens is 7. The average molecular weight is 469 g/mol. The summed E-state index contributed by atoms with van der Waals surface area (Å²) in [6.45, 7) is 8.30. The van der Waals surface area contributed by atoms with Crippen molar-refractivity contribution in [2.24, 2.45) is 7.05 Å². The maximum Gasteiger partial charge on any atom is 0.258 e. The van der Waals surface area contributed by atoms with Gasteiger partial charge in [-0.1, -0.05) is 24.3 Å². The third kappa shape index (κ3) is 4.09. The lowest BCUT2D eigenvalue weighted by Crippen LogP contribution is -2.13. The molecule has 1 aromatic carbocycles. The van der Waals surface area contributed by atoms with Gasteiger partial charge in [-0.3, -0.25) is 9.48 Å². The first kappa shape index (κ1) is 22.5. The third-order valence-corrected chi connectivity index (χ3v) is 6.04. The van der Waals surface area contributed by atoms with Crippen LogP contribution < -0.4 is 5.32 Å². The molecule has 0 radical (unpaired) electrons. The Morgan fingerprint density at radius 1 is 1.00 bits per heavy atom. The number of benzene rings is 1. The fourth-order valence-corrected chi connectivity index (χ4v) is 4.26. The molecule has 0 bridgehead atoms. The van der Waals surface area contributed by atoms with Gasteiger partial charge in [-0.25, -0.2) is 4.98 Å². The predicted molar refractivity (Wildman–Crippen MR) is 136 cm³/mol. The Hall–Kier alpha value is -4.27. The van der Waals surface area contributed by atoms with Crippen molar-refractivity contribution in [1.82, 2.24) is 34.1 Å².